The number of anilines is 1. The Morgan fingerprint density at radius 3 is 2.47 bits per heavy atom. The van der Waals surface area contributed by atoms with Crippen molar-refractivity contribution >= 4 is 38.2 Å². The standard InChI is InChI=1S/C21H26N2O5S2/c1-4-28-21(25)19-15(3)12-18(29-19)22-20(24)17-13-16(9-8-14(17)2)30(26,27)23-10-6-5-7-11-23/h8-9,12-13H,4-7,10-11H2,1-3H3,(H,22,24). The topological polar surface area (TPSA) is 92.8 Å². The highest BCUT2D eigenvalue weighted by Crippen LogP contribution is 2.29. The van der Waals surface area contributed by atoms with Gasteiger partial charge in [-0.15, -0.1) is 11.3 Å². The number of carbonyl (C=O) groups is 2. The van der Waals surface area contributed by atoms with Gasteiger partial charge in [-0.1, -0.05) is 12.5 Å². The van der Waals surface area contributed by atoms with Crippen LogP contribution < -0.4 is 5.32 Å². The van der Waals surface area contributed by atoms with Gasteiger partial charge in [0, 0.05) is 18.7 Å². The van der Waals surface area contributed by atoms with Gasteiger partial charge < -0.3 is 10.1 Å². The Kier molecular flexibility index (Phi) is 6.95. The van der Waals surface area contributed by atoms with Gasteiger partial charge in [-0.25, -0.2) is 13.2 Å². The van der Waals surface area contributed by atoms with Crippen molar-refractivity contribution in [2.75, 3.05) is 25.0 Å². The second-order valence-electron chi connectivity index (χ2n) is 7.24. The summed E-state index contributed by atoms with van der Waals surface area (Å²) < 4.78 is 32.4. The van der Waals surface area contributed by atoms with Crippen LogP contribution in [0.3, 0.4) is 0 Å². The summed E-state index contributed by atoms with van der Waals surface area (Å²) in [6.07, 6.45) is 2.72. The number of nitrogens with zero attached hydrogens (tertiary/aromatic N) is 1. The summed E-state index contributed by atoms with van der Waals surface area (Å²) in [7, 11) is -3.63. The number of hydrogen-bond acceptors (Lipinski definition) is 6. The lowest BCUT2D eigenvalue weighted by molar-refractivity contribution is 0.0531. The maximum atomic E-state index is 13.0. The lowest BCUT2D eigenvalue weighted by Crippen LogP contribution is -2.35. The average molecular weight is 451 g/mol. The van der Waals surface area contributed by atoms with Crippen LogP contribution in [0.1, 0.15) is 57.3 Å². The molecule has 0 spiro atoms. The molecule has 3 rings (SSSR count). The van der Waals surface area contributed by atoms with Crippen molar-refractivity contribution in [2.24, 2.45) is 0 Å². The van der Waals surface area contributed by atoms with Gasteiger partial charge in [0.25, 0.3) is 5.91 Å². The molecule has 7 nitrogen and oxygen atoms in total. The number of piperidine rings is 1. The molecule has 2 heterocycles. The zero-order valence-corrected chi connectivity index (χ0v) is 19.0. The van der Waals surface area contributed by atoms with E-state index in [1.165, 1.54) is 10.4 Å². The minimum Gasteiger partial charge on any atom is -0.462 e. The zero-order chi connectivity index (χ0) is 21.9. The van der Waals surface area contributed by atoms with Crippen molar-refractivity contribution < 1.29 is 22.7 Å². The Morgan fingerprint density at radius 2 is 1.80 bits per heavy atom. The van der Waals surface area contributed by atoms with Gasteiger partial charge in [-0.2, -0.15) is 4.31 Å². The summed E-state index contributed by atoms with van der Waals surface area (Å²) in [5.74, 6) is -0.842. The zero-order valence-electron chi connectivity index (χ0n) is 17.4. The Balaban J connectivity index is 1.84. The third-order valence-corrected chi connectivity index (χ3v) is 8.05. The fourth-order valence-corrected chi connectivity index (χ4v) is 5.89. The molecule has 1 aromatic heterocycles. The number of ether oxygens (including phenoxy) is 1. The van der Waals surface area contributed by atoms with Crippen molar-refractivity contribution in [3.63, 3.8) is 0 Å². The Hall–Kier alpha value is -2.23. The second-order valence-corrected chi connectivity index (χ2v) is 10.2. The largest absolute Gasteiger partial charge is 0.462 e. The van der Waals surface area contributed by atoms with Crippen LogP contribution in [-0.4, -0.2) is 44.3 Å². The van der Waals surface area contributed by atoms with E-state index in [9.17, 15) is 18.0 Å². The number of thiophene rings is 1. The van der Waals surface area contributed by atoms with E-state index in [0.717, 1.165) is 30.6 Å². The first kappa shape index (κ1) is 22.5. The number of carbonyl (C=O) groups excluding carboxylic acids is 2. The van der Waals surface area contributed by atoms with Crippen LogP contribution in [0.4, 0.5) is 5.00 Å². The monoisotopic (exact) mass is 450 g/mol. The van der Waals surface area contributed by atoms with Gasteiger partial charge in [-0.05, 0) is 62.9 Å². The van der Waals surface area contributed by atoms with E-state index in [1.807, 2.05) is 0 Å². The van der Waals surface area contributed by atoms with Crippen molar-refractivity contribution in [1.29, 1.82) is 0 Å². The van der Waals surface area contributed by atoms with Crippen molar-refractivity contribution in [3.05, 3.63) is 45.8 Å². The van der Waals surface area contributed by atoms with Crippen molar-refractivity contribution in [1.82, 2.24) is 4.31 Å². The van der Waals surface area contributed by atoms with Gasteiger partial charge in [-0.3, -0.25) is 4.79 Å². The molecule has 30 heavy (non-hydrogen) atoms. The first-order chi connectivity index (χ1) is 14.2. The quantitative estimate of drug-likeness (QED) is 0.672. The van der Waals surface area contributed by atoms with Crippen LogP contribution in [0.5, 0.6) is 0 Å². The van der Waals surface area contributed by atoms with Gasteiger partial charge >= 0.3 is 5.97 Å². The lowest BCUT2D eigenvalue weighted by Gasteiger charge is -2.26. The summed E-state index contributed by atoms with van der Waals surface area (Å²) in [5.41, 5.74) is 1.67. The molecule has 2 aromatic rings. The first-order valence-corrected chi connectivity index (χ1v) is 12.2. The molecule has 9 heteroatoms. The highest BCUT2D eigenvalue weighted by Gasteiger charge is 2.27. The molecule has 1 amide bonds. The maximum Gasteiger partial charge on any atom is 0.348 e. The van der Waals surface area contributed by atoms with Gasteiger partial charge in [0.2, 0.25) is 10.0 Å². The molecule has 0 atom stereocenters. The van der Waals surface area contributed by atoms with E-state index in [1.54, 1.807) is 39.0 Å². The average Bonchev–Trinajstić information content (AvgIpc) is 3.09. The number of benzene rings is 1. The molecule has 1 aliphatic heterocycles. The number of hydrogen-bond donors (Lipinski definition) is 1. The Morgan fingerprint density at radius 1 is 1.10 bits per heavy atom. The third kappa shape index (κ3) is 4.74. The fraction of sp³-hybridized carbons (Fsp3) is 0.429. The number of sulfonamides is 1. The highest BCUT2D eigenvalue weighted by atomic mass is 32.2. The first-order valence-electron chi connectivity index (χ1n) is 9.93. The third-order valence-electron chi connectivity index (χ3n) is 5.02. The SMILES string of the molecule is CCOC(=O)c1sc(NC(=O)c2cc(S(=O)(=O)N3CCCCC3)ccc2C)cc1C. The summed E-state index contributed by atoms with van der Waals surface area (Å²) in [6, 6.07) is 6.33. The number of nitrogens with one attached hydrogen (secondary N) is 1. The van der Waals surface area contributed by atoms with E-state index in [0.29, 0.717) is 34.1 Å². The molecule has 1 aliphatic rings. The van der Waals surface area contributed by atoms with Crippen LogP contribution in [-0.2, 0) is 14.8 Å². The van der Waals surface area contributed by atoms with E-state index >= 15 is 0 Å². The molecule has 0 radical (unpaired) electrons. The molecular formula is C21H26N2O5S2. The van der Waals surface area contributed by atoms with E-state index in [2.05, 4.69) is 5.32 Å². The van der Waals surface area contributed by atoms with Gasteiger partial charge in [0.05, 0.1) is 16.5 Å². The lowest BCUT2D eigenvalue weighted by atomic mass is 10.1. The molecule has 162 valence electrons. The smallest absolute Gasteiger partial charge is 0.348 e. The molecule has 1 N–H and O–H groups in total. The number of rotatable bonds is 6. The van der Waals surface area contributed by atoms with Gasteiger partial charge in [0.15, 0.2) is 0 Å². The number of amides is 1. The molecule has 0 saturated carbocycles. The number of esters is 1. The normalized spacial score (nSPS) is 15.0. The van der Waals surface area contributed by atoms with Crippen LogP contribution in [0.2, 0.25) is 0 Å². The van der Waals surface area contributed by atoms with Crippen molar-refractivity contribution in [2.45, 2.75) is 44.9 Å². The summed E-state index contributed by atoms with van der Waals surface area (Å²) in [6.45, 7) is 6.55. The molecule has 0 unspecified atom stereocenters. The van der Waals surface area contributed by atoms with Crippen LogP contribution in [0.15, 0.2) is 29.2 Å². The van der Waals surface area contributed by atoms with Crippen LogP contribution in [0.25, 0.3) is 0 Å². The summed E-state index contributed by atoms with van der Waals surface area (Å²) >= 11 is 1.14. The Labute approximate surface area is 181 Å². The maximum absolute atomic E-state index is 13.0. The van der Waals surface area contributed by atoms with Crippen LogP contribution in [0, 0.1) is 13.8 Å². The minimum absolute atomic E-state index is 0.120. The molecule has 1 fully saturated rings. The van der Waals surface area contributed by atoms with Crippen LogP contribution >= 0.6 is 11.3 Å². The fourth-order valence-electron chi connectivity index (χ4n) is 3.38. The van der Waals surface area contributed by atoms with E-state index < -0.39 is 21.9 Å². The molecular weight excluding hydrogens is 424 g/mol. The summed E-state index contributed by atoms with van der Waals surface area (Å²) in [5, 5.41) is 3.28. The highest BCUT2D eigenvalue weighted by molar-refractivity contribution is 7.89. The van der Waals surface area contributed by atoms with Gasteiger partial charge in [0.1, 0.15) is 4.88 Å². The predicted molar refractivity (Wildman–Crippen MR) is 117 cm³/mol. The minimum atomic E-state index is -3.63. The molecule has 0 aliphatic carbocycles. The summed E-state index contributed by atoms with van der Waals surface area (Å²) in [4.78, 5) is 25.4. The Bertz CT molecular complexity index is 1050. The number of aryl methyl sites for hydroxylation is 2. The predicted octanol–water partition coefficient (Wildman–Crippen LogP) is 3.97. The second kappa shape index (κ2) is 9.28. The molecule has 1 aromatic carbocycles. The molecule has 0 bridgehead atoms. The van der Waals surface area contributed by atoms with Crippen molar-refractivity contribution in [3.8, 4) is 0 Å². The molecule has 1 saturated heterocycles. The van der Waals surface area contributed by atoms with E-state index in [-0.39, 0.29) is 17.1 Å². The van der Waals surface area contributed by atoms with E-state index in [4.69, 9.17) is 4.74 Å².